The van der Waals surface area contributed by atoms with Gasteiger partial charge in [0.2, 0.25) is 10.0 Å². The Labute approximate surface area is 93.1 Å². The lowest BCUT2D eigenvalue weighted by Crippen LogP contribution is -2.36. The van der Waals surface area contributed by atoms with Crippen molar-refractivity contribution >= 4 is 10.0 Å². The summed E-state index contributed by atoms with van der Waals surface area (Å²) in [6.07, 6.45) is 1.77. The Balaban J connectivity index is 3.93. The molecule has 2 atom stereocenters. The molecule has 0 bridgehead atoms. The third-order valence-electron chi connectivity index (χ3n) is 2.58. The Morgan fingerprint density at radius 1 is 1.33 bits per heavy atom. The van der Waals surface area contributed by atoms with Crippen LogP contribution in [0.25, 0.3) is 0 Å². The van der Waals surface area contributed by atoms with Crippen molar-refractivity contribution < 1.29 is 13.5 Å². The first-order chi connectivity index (χ1) is 6.93. The van der Waals surface area contributed by atoms with E-state index in [9.17, 15) is 13.5 Å². The first kappa shape index (κ1) is 14.9. The van der Waals surface area contributed by atoms with Crippen molar-refractivity contribution in [2.24, 2.45) is 5.92 Å². The number of aliphatic hydroxyl groups excluding tert-OH is 1. The van der Waals surface area contributed by atoms with Crippen LogP contribution in [0.4, 0.5) is 0 Å². The van der Waals surface area contributed by atoms with E-state index >= 15 is 0 Å². The largest absolute Gasteiger partial charge is 0.391 e. The van der Waals surface area contributed by atoms with Gasteiger partial charge in [-0.2, -0.15) is 0 Å². The highest BCUT2D eigenvalue weighted by Crippen LogP contribution is 2.06. The first-order valence-electron chi connectivity index (χ1n) is 5.58. The molecule has 0 aromatic rings. The Morgan fingerprint density at radius 2 is 1.93 bits per heavy atom. The van der Waals surface area contributed by atoms with E-state index in [4.69, 9.17) is 0 Å². The minimum absolute atomic E-state index is 0.124. The zero-order valence-electron chi connectivity index (χ0n) is 9.86. The van der Waals surface area contributed by atoms with Gasteiger partial charge in [0.25, 0.3) is 0 Å². The lowest BCUT2D eigenvalue weighted by Gasteiger charge is -2.17. The summed E-state index contributed by atoms with van der Waals surface area (Å²) in [6, 6.07) is 0. The lowest BCUT2D eigenvalue weighted by molar-refractivity contribution is 0.118. The predicted octanol–water partition coefficient (Wildman–Crippen LogP) is 1.11. The highest BCUT2D eigenvalue weighted by atomic mass is 32.2. The van der Waals surface area contributed by atoms with Crippen LogP contribution in [0.3, 0.4) is 0 Å². The van der Waals surface area contributed by atoms with Crippen molar-refractivity contribution in [3.63, 3.8) is 0 Å². The molecule has 0 fully saturated rings. The van der Waals surface area contributed by atoms with Crippen LogP contribution in [-0.2, 0) is 10.0 Å². The van der Waals surface area contributed by atoms with Gasteiger partial charge in [-0.05, 0) is 12.3 Å². The van der Waals surface area contributed by atoms with Gasteiger partial charge in [-0.25, -0.2) is 13.1 Å². The number of hydrogen-bond donors (Lipinski definition) is 2. The highest BCUT2D eigenvalue weighted by Gasteiger charge is 2.16. The molecule has 0 aliphatic rings. The van der Waals surface area contributed by atoms with Crippen LogP contribution in [-0.4, -0.2) is 31.9 Å². The van der Waals surface area contributed by atoms with Crippen LogP contribution in [0.1, 0.15) is 40.0 Å². The molecular formula is C10H23NO3S. The molecule has 0 aromatic carbocycles. The monoisotopic (exact) mass is 237 g/mol. The summed E-state index contributed by atoms with van der Waals surface area (Å²) in [5, 5.41) is 9.58. The maximum absolute atomic E-state index is 11.4. The maximum atomic E-state index is 11.4. The van der Waals surface area contributed by atoms with Crippen LogP contribution in [0.15, 0.2) is 0 Å². The Hall–Kier alpha value is -0.130. The molecule has 0 saturated carbocycles. The third-order valence-corrected chi connectivity index (χ3v) is 4.01. The lowest BCUT2D eigenvalue weighted by atomic mass is 10.0. The molecule has 0 rings (SSSR count). The van der Waals surface area contributed by atoms with E-state index in [2.05, 4.69) is 4.72 Å². The van der Waals surface area contributed by atoms with Crippen LogP contribution in [0, 0.1) is 5.92 Å². The van der Waals surface area contributed by atoms with Crippen molar-refractivity contribution in [1.82, 2.24) is 4.72 Å². The normalized spacial score (nSPS) is 16.3. The minimum Gasteiger partial charge on any atom is -0.391 e. The van der Waals surface area contributed by atoms with E-state index in [1.165, 1.54) is 0 Å². The smallest absolute Gasteiger partial charge is 0.211 e. The van der Waals surface area contributed by atoms with E-state index in [0.29, 0.717) is 6.42 Å². The maximum Gasteiger partial charge on any atom is 0.211 e. The van der Waals surface area contributed by atoms with Crippen LogP contribution in [0.2, 0.25) is 0 Å². The van der Waals surface area contributed by atoms with Gasteiger partial charge in [0.05, 0.1) is 11.9 Å². The average Bonchev–Trinajstić information content (AvgIpc) is 2.22. The van der Waals surface area contributed by atoms with Gasteiger partial charge < -0.3 is 5.11 Å². The molecular weight excluding hydrogens is 214 g/mol. The van der Waals surface area contributed by atoms with Gasteiger partial charge in [0.15, 0.2) is 0 Å². The summed E-state index contributed by atoms with van der Waals surface area (Å²) in [4.78, 5) is 0. The molecule has 0 aliphatic heterocycles. The molecule has 0 saturated heterocycles. The molecule has 0 aliphatic carbocycles. The SMILES string of the molecule is CCCCS(=O)(=O)NCC(O)C(C)CC. The van der Waals surface area contributed by atoms with Crippen LogP contribution in [0.5, 0.6) is 0 Å². The number of unbranched alkanes of at least 4 members (excludes halogenated alkanes) is 1. The topological polar surface area (TPSA) is 66.4 Å². The fraction of sp³-hybridized carbons (Fsp3) is 1.00. The molecule has 0 heterocycles. The fourth-order valence-electron chi connectivity index (χ4n) is 1.09. The standard InChI is InChI=1S/C10H23NO3S/c1-4-6-7-15(13,14)11-8-10(12)9(3)5-2/h9-12H,4-8H2,1-3H3. The molecule has 0 amide bonds. The minimum atomic E-state index is -3.19. The molecule has 15 heavy (non-hydrogen) atoms. The number of hydrogen-bond acceptors (Lipinski definition) is 3. The summed E-state index contributed by atoms with van der Waals surface area (Å²) < 4.78 is 25.2. The van der Waals surface area contributed by atoms with E-state index in [-0.39, 0.29) is 18.2 Å². The van der Waals surface area contributed by atoms with Crippen molar-refractivity contribution in [2.75, 3.05) is 12.3 Å². The molecule has 0 aromatic heterocycles. The van der Waals surface area contributed by atoms with Crippen molar-refractivity contribution in [2.45, 2.75) is 46.1 Å². The first-order valence-corrected chi connectivity index (χ1v) is 7.23. The highest BCUT2D eigenvalue weighted by molar-refractivity contribution is 7.89. The zero-order chi connectivity index (χ0) is 11.9. The molecule has 4 nitrogen and oxygen atoms in total. The van der Waals surface area contributed by atoms with Gasteiger partial charge >= 0.3 is 0 Å². The Kier molecular flexibility index (Phi) is 7.13. The molecule has 2 N–H and O–H groups in total. The number of sulfonamides is 1. The van der Waals surface area contributed by atoms with Crippen LogP contribution >= 0.6 is 0 Å². The van der Waals surface area contributed by atoms with Gasteiger partial charge in [0, 0.05) is 6.54 Å². The van der Waals surface area contributed by atoms with Crippen molar-refractivity contribution in [3.8, 4) is 0 Å². The zero-order valence-corrected chi connectivity index (χ0v) is 10.7. The van der Waals surface area contributed by atoms with Crippen LogP contribution < -0.4 is 4.72 Å². The van der Waals surface area contributed by atoms with Gasteiger partial charge in [0.1, 0.15) is 0 Å². The summed E-state index contributed by atoms with van der Waals surface area (Å²) in [5.41, 5.74) is 0. The Bertz CT molecular complexity index is 251. The quantitative estimate of drug-likeness (QED) is 0.664. The van der Waals surface area contributed by atoms with E-state index in [1.807, 2.05) is 20.8 Å². The molecule has 5 heteroatoms. The Morgan fingerprint density at radius 3 is 2.40 bits per heavy atom. The number of rotatable bonds is 8. The van der Waals surface area contributed by atoms with Crippen molar-refractivity contribution in [1.29, 1.82) is 0 Å². The predicted molar refractivity (Wildman–Crippen MR) is 62.2 cm³/mol. The summed E-state index contributed by atoms with van der Waals surface area (Å²) in [7, 11) is -3.19. The molecule has 0 radical (unpaired) electrons. The van der Waals surface area contributed by atoms with E-state index < -0.39 is 16.1 Å². The van der Waals surface area contributed by atoms with Crippen molar-refractivity contribution in [3.05, 3.63) is 0 Å². The fourth-order valence-corrected chi connectivity index (χ4v) is 2.33. The second-order valence-electron chi connectivity index (χ2n) is 3.97. The molecule has 0 spiro atoms. The van der Waals surface area contributed by atoms with E-state index in [1.54, 1.807) is 0 Å². The summed E-state index contributed by atoms with van der Waals surface area (Å²) >= 11 is 0. The second-order valence-corrected chi connectivity index (χ2v) is 5.90. The number of aliphatic hydroxyl groups is 1. The summed E-state index contributed by atoms with van der Waals surface area (Å²) in [5.74, 6) is 0.273. The number of nitrogens with one attached hydrogen (secondary N) is 1. The van der Waals surface area contributed by atoms with E-state index in [0.717, 1.165) is 12.8 Å². The van der Waals surface area contributed by atoms with Gasteiger partial charge in [-0.1, -0.05) is 33.6 Å². The van der Waals surface area contributed by atoms with Gasteiger partial charge in [-0.15, -0.1) is 0 Å². The second kappa shape index (κ2) is 7.19. The van der Waals surface area contributed by atoms with Gasteiger partial charge in [-0.3, -0.25) is 0 Å². The molecule has 92 valence electrons. The average molecular weight is 237 g/mol. The third kappa shape index (κ3) is 6.87. The summed E-state index contributed by atoms with van der Waals surface area (Å²) in [6.45, 7) is 5.95. The molecule has 2 unspecified atom stereocenters.